The highest BCUT2D eigenvalue weighted by molar-refractivity contribution is 6.30. The third-order valence-electron chi connectivity index (χ3n) is 5.41. The molecule has 2 heterocycles. The van der Waals surface area contributed by atoms with Crippen LogP contribution >= 0.6 is 11.6 Å². The summed E-state index contributed by atoms with van der Waals surface area (Å²) in [5, 5.41) is 0.495. The second-order valence-corrected chi connectivity index (χ2v) is 8.29. The number of carbonyl (C=O) groups is 3. The van der Waals surface area contributed by atoms with E-state index in [0.29, 0.717) is 16.5 Å². The van der Waals surface area contributed by atoms with Crippen LogP contribution in [0.4, 0.5) is 18.9 Å². The number of carbonyl (C=O) groups excluding carboxylic acids is 3. The fraction of sp³-hybridized carbons (Fsp3) is 0.208. The van der Waals surface area contributed by atoms with E-state index in [0.717, 1.165) is 23.1 Å². The van der Waals surface area contributed by atoms with E-state index in [1.54, 1.807) is 36.4 Å². The number of benzene rings is 2. The number of hydrogen-bond donors (Lipinski definition) is 0. The zero-order valence-corrected chi connectivity index (χ0v) is 18.9. The van der Waals surface area contributed by atoms with Crippen LogP contribution in [0, 0.1) is 0 Å². The summed E-state index contributed by atoms with van der Waals surface area (Å²) >= 11 is 5.89. The number of rotatable bonds is 6. The van der Waals surface area contributed by atoms with Crippen molar-refractivity contribution < 1.29 is 32.0 Å². The van der Waals surface area contributed by atoms with Gasteiger partial charge in [0.05, 0.1) is 18.4 Å². The number of hydrogen-bond acceptors (Lipinski definition) is 4. The predicted molar refractivity (Wildman–Crippen MR) is 120 cm³/mol. The molecule has 0 bridgehead atoms. The van der Waals surface area contributed by atoms with Gasteiger partial charge in [0.25, 0.3) is 5.91 Å². The summed E-state index contributed by atoms with van der Waals surface area (Å²) in [6, 6.07) is 13.7. The molecule has 2 aromatic carbocycles. The SMILES string of the molecule is O=C(CN(Cc1ccco1)C(=O)c1cccc(C(F)(F)F)c1)N1CC(=O)N(c2ccc(Cl)cc2)C1. The summed E-state index contributed by atoms with van der Waals surface area (Å²) in [5.74, 6) is -1.29. The second-order valence-electron chi connectivity index (χ2n) is 7.85. The van der Waals surface area contributed by atoms with E-state index in [4.69, 9.17) is 16.0 Å². The van der Waals surface area contributed by atoms with Gasteiger partial charge in [0, 0.05) is 16.3 Å². The molecule has 0 atom stereocenters. The Labute approximate surface area is 203 Å². The van der Waals surface area contributed by atoms with Crippen molar-refractivity contribution in [3.63, 3.8) is 0 Å². The van der Waals surface area contributed by atoms with Gasteiger partial charge in [0.2, 0.25) is 11.8 Å². The minimum absolute atomic E-state index is 0.0361. The fourth-order valence-electron chi connectivity index (χ4n) is 3.63. The van der Waals surface area contributed by atoms with Gasteiger partial charge in [0.15, 0.2) is 0 Å². The van der Waals surface area contributed by atoms with E-state index in [2.05, 4.69) is 0 Å². The van der Waals surface area contributed by atoms with E-state index in [9.17, 15) is 27.6 Å². The Morgan fingerprint density at radius 1 is 1.06 bits per heavy atom. The van der Waals surface area contributed by atoms with E-state index in [-0.39, 0.29) is 31.2 Å². The van der Waals surface area contributed by atoms with Crippen molar-refractivity contribution in [2.45, 2.75) is 12.7 Å². The van der Waals surface area contributed by atoms with Crippen LogP contribution in [0.5, 0.6) is 0 Å². The molecule has 182 valence electrons. The molecule has 1 aromatic heterocycles. The number of anilines is 1. The minimum atomic E-state index is -4.63. The van der Waals surface area contributed by atoms with Crippen molar-refractivity contribution in [2.24, 2.45) is 0 Å². The average molecular weight is 506 g/mol. The van der Waals surface area contributed by atoms with Crippen molar-refractivity contribution in [3.05, 3.63) is 88.8 Å². The standard InChI is InChI=1S/C24H19ClF3N3O4/c25-18-6-8-19(9-7-18)31-15-30(14-22(31)33)21(32)13-29(12-20-5-2-10-35-20)23(34)16-3-1-4-17(11-16)24(26,27)28/h1-11H,12-15H2. The van der Waals surface area contributed by atoms with Crippen LogP contribution in [0.3, 0.4) is 0 Å². The summed E-state index contributed by atoms with van der Waals surface area (Å²) in [6.07, 6.45) is -3.24. The lowest BCUT2D eigenvalue weighted by Gasteiger charge is -2.25. The lowest BCUT2D eigenvalue weighted by Crippen LogP contribution is -2.42. The van der Waals surface area contributed by atoms with Crippen LogP contribution in [-0.4, -0.2) is 47.3 Å². The topological polar surface area (TPSA) is 74.1 Å². The zero-order chi connectivity index (χ0) is 25.2. The maximum absolute atomic E-state index is 13.1. The monoisotopic (exact) mass is 505 g/mol. The van der Waals surface area contributed by atoms with Gasteiger partial charge in [-0.25, -0.2) is 0 Å². The predicted octanol–water partition coefficient (Wildman–Crippen LogP) is 4.43. The van der Waals surface area contributed by atoms with Gasteiger partial charge in [0.1, 0.15) is 25.5 Å². The third-order valence-corrected chi connectivity index (χ3v) is 5.66. The van der Waals surface area contributed by atoms with E-state index in [1.165, 1.54) is 22.1 Å². The molecule has 1 saturated heterocycles. The molecule has 7 nitrogen and oxygen atoms in total. The molecule has 3 amide bonds. The van der Waals surface area contributed by atoms with Gasteiger partial charge in [-0.1, -0.05) is 17.7 Å². The molecule has 1 aliphatic rings. The third kappa shape index (κ3) is 5.65. The smallest absolute Gasteiger partial charge is 0.416 e. The van der Waals surface area contributed by atoms with Crippen LogP contribution in [-0.2, 0) is 22.3 Å². The quantitative estimate of drug-likeness (QED) is 0.497. The Kier molecular flexibility index (Phi) is 6.83. The van der Waals surface area contributed by atoms with E-state index in [1.807, 2.05) is 0 Å². The van der Waals surface area contributed by atoms with Gasteiger partial charge in [-0.3, -0.25) is 19.3 Å². The largest absolute Gasteiger partial charge is 0.467 e. The lowest BCUT2D eigenvalue weighted by atomic mass is 10.1. The van der Waals surface area contributed by atoms with E-state index >= 15 is 0 Å². The molecule has 0 saturated carbocycles. The van der Waals surface area contributed by atoms with Gasteiger partial charge >= 0.3 is 6.18 Å². The Morgan fingerprint density at radius 2 is 1.80 bits per heavy atom. The highest BCUT2D eigenvalue weighted by atomic mass is 35.5. The molecule has 11 heteroatoms. The fourth-order valence-corrected chi connectivity index (χ4v) is 3.75. The molecule has 35 heavy (non-hydrogen) atoms. The minimum Gasteiger partial charge on any atom is -0.467 e. The molecule has 1 fully saturated rings. The Morgan fingerprint density at radius 3 is 2.46 bits per heavy atom. The van der Waals surface area contributed by atoms with Gasteiger partial charge in [-0.05, 0) is 54.6 Å². The highest BCUT2D eigenvalue weighted by Gasteiger charge is 2.34. The first-order chi connectivity index (χ1) is 16.6. The average Bonchev–Trinajstić information content (AvgIpc) is 3.48. The second kappa shape index (κ2) is 9.83. The van der Waals surface area contributed by atoms with E-state index < -0.39 is 30.1 Å². The highest BCUT2D eigenvalue weighted by Crippen LogP contribution is 2.30. The normalized spacial score (nSPS) is 13.9. The molecule has 4 rings (SSSR count). The molecule has 1 aliphatic heterocycles. The summed E-state index contributed by atoms with van der Waals surface area (Å²) in [6.45, 7) is -0.840. The molecule has 0 aliphatic carbocycles. The van der Waals surface area contributed by atoms with Crippen LogP contribution < -0.4 is 4.90 Å². The Hall–Kier alpha value is -3.79. The Bertz CT molecular complexity index is 1230. The van der Waals surface area contributed by atoms with Crippen LogP contribution in [0.1, 0.15) is 21.7 Å². The number of halogens is 4. The molecular weight excluding hydrogens is 487 g/mol. The van der Waals surface area contributed by atoms with Crippen molar-refractivity contribution in [2.75, 3.05) is 24.7 Å². The maximum atomic E-state index is 13.1. The number of furan rings is 1. The number of alkyl halides is 3. The Balaban J connectivity index is 1.53. The van der Waals surface area contributed by atoms with Gasteiger partial charge < -0.3 is 14.2 Å². The van der Waals surface area contributed by atoms with Crippen molar-refractivity contribution in [1.29, 1.82) is 0 Å². The lowest BCUT2D eigenvalue weighted by molar-refractivity contribution is -0.137. The number of nitrogens with zero attached hydrogens (tertiary/aromatic N) is 3. The molecule has 0 N–H and O–H groups in total. The van der Waals surface area contributed by atoms with Crippen LogP contribution in [0.25, 0.3) is 0 Å². The maximum Gasteiger partial charge on any atom is 0.416 e. The molecular formula is C24H19ClF3N3O4. The summed E-state index contributed by atoms with van der Waals surface area (Å²) < 4.78 is 44.7. The van der Waals surface area contributed by atoms with Crippen LogP contribution in [0.15, 0.2) is 71.3 Å². The first-order valence-corrected chi connectivity index (χ1v) is 10.8. The molecule has 0 radical (unpaired) electrons. The zero-order valence-electron chi connectivity index (χ0n) is 18.2. The first-order valence-electron chi connectivity index (χ1n) is 10.4. The van der Waals surface area contributed by atoms with Crippen molar-refractivity contribution >= 4 is 35.0 Å². The van der Waals surface area contributed by atoms with Gasteiger partial charge in [-0.2, -0.15) is 13.2 Å². The summed E-state index contributed by atoms with van der Waals surface area (Å²) in [4.78, 5) is 42.4. The van der Waals surface area contributed by atoms with Crippen LogP contribution in [0.2, 0.25) is 5.02 Å². The first kappa shape index (κ1) is 24.3. The van der Waals surface area contributed by atoms with Crippen molar-refractivity contribution in [3.8, 4) is 0 Å². The van der Waals surface area contributed by atoms with Crippen molar-refractivity contribution in [1.82, 2.24) is 9.80 Å². The van der Waals surface area contributed by atoms with Gasteiger partial charge in [-0.15, -0.1) is 0 Å². The molecule has 3 aromatic rings. The number of amides is 3. The molecule has 0 unspecified atom stereocenters. The molecule has 0 spiro atoms. The summed E-state index contributed by atoms with van der Waals surface area (Å²) in [7, 11) is 0. The summed E-state index contributed by atoms with van der Waals surface area (Å²) in [5.41, 5.74) is -0.641.